The largest absolute Gasteiger partial charge is 0.376 e. The Morgan fingerprint density at radius 1 is 1.42 bits per heavy atom. The molecule has 2 aromatic heterocycles. The average Bonchev–Trinajstić information content (AvgIpc) is 2.98. The summed E-state index contributed by atoms with van der Waals surface area (Å²) in [7, 11) is 0. The van der Waals surface area contributed by atoms with Gasteiger partial charge in [-0.25, -0.2) is 9.97 Å². The predicted octanol–water partition coefficient (Wildman–Crippen LogP) is 2.63. The molecule has 0 radical (unpaired) electrons. The number of anilines is 1. The van der Waals surface area contributed by atoms with Gasteiger partial charge in [0.2, 0.25) is 5.95 Å². The maximum atomic E-state index is 5.91. The van der Waals surface area contributed by atoms with Gasteiger partial charge in [0.15, 0.2) is 5.65 Å². The number of ether oxygens (including phenoxy) is 1. The lowest BCUT2D eigenvalue weighted by molar-refractivity contribution is 0.0536. The first-order valence-electron chi connectivity index (χ1n) is 6.63. The average molecular weight is 281 g/mol. The molecule has 2 heterocycles. The van der Waals surface area contributed by atoms with E-state index in [2.05, 4.69) is 9.97 Å². The molecular formula is C13H17ClN4O. The maximum absolute atomic E-state index is 5.91. The number of fused-ring (bicyclic) bond motifs is 1. The molecular weight excluding hydrogens is 264 g/mol. The number of rotatable bonds is 4. The van der Waals surface area contributed by atoms with Crippen molar-refractivity contribution < 1.29 is 4.74 Å². The van der Waals surface area contributed by atoms with E-state index < -0.39 is 0 Å². The quantitative estimate of drug-likeness (QED) is 0.935. The second-order valence-corrected chi connectivity index (χ2v) is 5.33. The molecule has 1 aliphatic carbocycles. The van der Waals surface area contributed by atoms with Crippen LogP contribution in [0.25, 0.3) is 11.2 Å². The first-order chi connectivity index (χ1) is 9.24. The summed E-state index contributed by atoms with van der Waals surface area (Å²) in [6, 6.07) is 1.77. The van der Waals surface area contributed by atoms with Gasteiger partial charge in [0.1, 0.15) is 5.52 Å². The van der Waals surface area contributed by atoms with Crippen molar-refractivity contribution in [3.63, 3.8) is 0 Å². The predicted molar refractivity (Wildman–Crippen MR) is 75.2 cm³/mol. The number of nitrogens with two attached hydrogens (primary N) is 1. The van der Waals surface area contributed by atoms with Crippen molar-refractivity contribution in [1.29, 1.82) is 0 Å². The summed E-state index contributed by atoms with van der Waals surface area (Å²) in [5.41, 5.74) is 7.40. The van der Waals surface area contributed by atoms with Crippen LogP contribution in [0.3, 0.4) is 0 Å². The van der Waals surface area contributed by atoms with Crippen molar-refractivity contribution in [2.45, 2.75) is 38.3 Å². The van der Waals surface area contributed by atoms with E-state index in [1.807, 2.05) is 4.57 Å². The molecule has 3 rings (SSSR count). The van der Waals surface area contributed by atoms with Crippen LogP contribution < -0.4 is 5.73 Å². The summed E-state index contributed by atoms with van der Waals surface area (Å²) >= 11 is 5.89. The second kappa shape index (κ2) is 5.35. The second-order valence-electron chi connectivity index (χ2n) is 4.90. The third-order valence-electron chi connectivity index (χ3n) is 3.55. The SMILES string of the molecule is Nc1nc2cc(Cl)cnc2n1CCOC1CCCC1. The number of aromatic nitrogens is 3. The summed E-state index contributed by atoms with van der Waals surface area (Å²) < 4.78 is 7.72. The molecule has 0 aromatic carbocycles. The molecule has 6 heteroatoms. The van der Waals surface area contributed by atoms with Crippen LogP contribution in [0.2, 0.25) is 5.02 Å². The van der Waals surface area contributed by atoms with Gasteiger partial charge in [0.05, 0.1) is 24.3 Å². The van der Waals surface area contributed by atoms with Gasteiger partial charge in [0, 0.05) is 6.20 Å². The first kappa shape index (κ1) is 12.7. The van der Waals surface area contributed by atoms with Crippen molar-refractivity contribution in [2.24, 2.45) is 0 Å². The summed E-state index contributed by atoms with van der Waals surface area (Å²) in [6.45, 7) is 1.32. The van der Waals surface area contributed by atoms with Gasteiger partial charge in [-0.2, -0.15) is 0 Å². The summed E-state index contributed by atoms with van der Waals surface area (Å²) in [5.74, 6) is 0.458. The van der Waals surface area contributed by atoms with Crippen molar-refractivity contribution in [3.8, 4) is 0 Å². The van der Waals surface area contributed by atoms with Crippen LogP contribution in [0.1, 0.15) is 25.7 Å². The van der Waals surface area contributed by atoms with Crippen molar-refractivity contribution in [1.82, 2.24) is 14.5 Å². The topological polar surface area (TPSA) is 66.0 Å². The number of hydrogen-bond acceptors (Lipinski definition) is 4. The molecule has 2 N–H and O–H groups in total. The van der Waals surface area contributed by atoms with Crippen LogP contribution >= 0.6 is 11.6 Å². The van der Waals surface area contributed by atoms with Gasteiger partial charge >= 0.3 is 0 Å². The highest BCUT2D eigenvalue weighted by atomic mass is 35.5. The van der Waals surface area contributed by atoms with Crippen LogP contribution in [0.4, 0.5) is 5.95 Å². The molecule has 5 nitrogen and oxygen atoms in total. The lowest BCUT2D eigenvalue weighted by Gasteiger charge is -2.12. The molecule has 0 saturated heterocycles. The van der Waals surface area contributed by atoms with E-state index in [4.69, 9.17) is 22.1 Å². The van der Waals surface area contributed by atoms with E-state index in [-0.39, 0.29) is 0 Å². The normalized spacial score (nSPS) is 16.5. The fourth-order valence-electron chi connectivity index (χ4n) is 2.59. The van der Waals surface area contributed by atoms with Crippen LogP contribution in [0.5, 0.6) is 0 Å². The minimum Gasteiger partial charge on any atom is -0.376 e. The molecule has 0 atom stereocenters. The lowest BCUT2D eigenvalue weighted by atomic mass is 10.3. The van der Waals surface area contributed by atoms with E-state index in [1.165, 1.54) is 25.7 Å². The highest BCUT2D eigenvalue weighted by Gasteiger charge is 2.16. The number of nitrogen functional groups attached to an aromatic ring is 1. The third kappa shape index (κ3) is 2.67. The molecule has 1 fully saturated rings. The standard InChI is InChI=1S/C13H17ClN4O/c14-9-7-11-12(16-8-9)18(13(15)17-11)5-6-19-10-3-1-2-4-10/h7-8,10H,1-6H2,(H2,15,17). The molecule has 0 amide bonds. The Kier molecular flexibility index (Phi) is 3.57. The Bertz CT molecular complexity index is 577. The number of imidazole rings is 1. The van der Waals surface area contributed by atoms with E-state index in [9.17, 15) is 0 Å². The van der Waals surface area contributed by atoms with Crippen molar-refractivity contribution in [2.75, 3.05) is 12.3 Å². The zero-order chi connectivity index (χ0) is 13.2. The Hall–Kier alpha value is -1.33. The Balaban J connectivity index is 1.71. The lowest BCUT2D eigenvalue weighted by Crippen LogP contribution is -2.14. The van der Waals surface area contributed by atoms with E-state index >= 15 is 0 Å². The van der Waals surface area contributed by atoms with E-state index in [1.54, 1.807) is 12.3 Å². The number of nitrogens with zero attached hydrogens (tertiary/aromatic N) is 3. The van der Waals surface area contributed by atoms with Crippen LogP contribution in [0, 0.1) is 0 Å². The molecule has 19 heavy (non-hydrogen) atoms. The zero-order valence-electron chi connectivity index (χ0n) is 10.7. The zero-order valence-corrected chi connectivity index (χ0v) is 11.4. The Morgan fingerprint density at radius 2 is 2.21 bits per heavy atom. The van der Waals surface area contributed by atoms with Crippen LogP contribution in [-0.4, -0.2) is 27.2 Å². The van der Waals surface area contributed by atoms with Gasteiger partial charge in [-0.3, -0.25) is 4.57 Å². The van der Waals surface area contributed by atoms with Gasteiger partial charge < -0.3 is 10.5 Å². The molecule has 0 aliphatic heterocycles. The highest BCUT2D eigenvalue weighted by Crippen LogP contribution is 2.22. The minimum atomic E-state index is 0.415. The van der Waals surface area contributed by atoms with Gasteiger partial charge in [-0.05, 0) is 18.9 Å². The first-order valence-corrected chi connectivity index (χ1v) is 7.00. The summed E-state index contributed by atoms with van der Waals surface area (Å²) in [4.78, 5) is 8.55. The van der Waals surface area contributed by atoms with Gasteiger partial charge in [0.25, 0.3) is 0 Å². The summed E-state index contributed by atoms with van der Waals surface area (Å²) in [5, 5.41) is 0.569. The fraction of sp³-hybridized carbons (Fsp3) is 0.538. The third-order valence-corrected chi connectivity index (χ3v) is 3.76. The minimum absolute atomic E-state index is 0.415. The molecule has 1 saturated carbocycles. The number of halogens is 1. The van der Waals surface area contributed by atoms with Gasteiger partial charge in [-0.1, -0.05) is 24.4 Å². The van der Waals surface area contributed by atoms with Crippen LogP contribution in [0.15, 0.2) is 12.3 Å². The highest BCUT2D eigenvalue weighted by molar-refractivity contribution is 6.31. The van der Waals surface area contributed by atoms with E-state index in [0.29, 0.717) is 30.2 Å². The molecule has 2 aromatic rings. The van der Waals surface area contributed by atoms with Crippen molar-refractivity contribution >= 4 is 28.7 Å². The van der Waals surface area contributed by atoms with Crippen LogP contribution in [-0.2, 0) is 11.3 Å². The maximum Gasteiger partial charge on any atom is 0.202 e. The molecule has 0 bridgehead atoms. The van der Waals surface area contributed by atoms with E-state index in [0.717, 1.165) is 11.2 Å². The number of pyridine rings is 1. The molecule has 102 valence electrons. The van der Waals surface area contributed by atoms with Gasteiger partial charge in [-0.15, -0.1) is 0 Å². The summed E-state index contributed by atoms with van der Waals surface area (Å²) in [6.07, 6.45) is 6.93. The molecule has 0 unspecified atom stereocenters. The Morgan fingerprint density at radius 3 is 3.00 bits per heavy atom. The fourth-order valence-corrected chi connectivity index (χ4v) is 2.74. The van der Waals surface area contributed by atoms with Crippen molar-refractivity contribution in [3.05, 3.63) is 17.3 Å². The Labute approximate surface area is 116 Å². The smallest absolute Gasteiger partial charge is 0.202 e. The monoisotopic (exact) mass is 280 g/mol. The number of hydrogen-bond donors (Lipinski definition) is 1. The molecule has 1 aliphatic rings. The molecule has 0 spiro atoms.